The highest BCUT2D eigenvalue weighted by Gasteiger charge is 2.30. The van der Waals surface area contributed by atoms with Gasteiger partial charge >= 0.3 is 0 Å². The standard InChI is InChI=1S/C9H20N2O/c1-7(2)10-8-5-11(3)6-9(8)12-4/h7-10H,5-6H2,1-4H3/t8-,9-/m1/s1. The van der Waals surface area contributed by atoms with Crippen LogP contribution in [0.5, 0.6) is 0 Å². The largest absolute Gasteiger partial charge is 0.378 e. The van der Waals surface area contributed by atoms with Crippen LogP contribution < -0.4 is 5.32 Å². The second kappa shape index (κ2) is 4.21. The van der Waals surface area contributed by atoms with Gasteiger partial charge in [0.15, 0.2) is 0 Å². The van der Waals surface area contributed by atoms with Gasteiger partial charge in [-0.25, -0.2) is 0 Å². The van der Waals surface area contributed by atoms with Crippen LogP contribution in [0.2, 0.25) is 0 Å². The Balaban J connectivity index is 2.40. The van der Waals surface area contributed by atoms with E-state index in [4.69, 9.17) is 4.74 Å². The molecule has 0 aromatic rings. The van der Waals surface area contributed by atoms with Gasteiger partial charge in [-0.05, 0) is 7.05 Å². The Morgan fingerprint density at radius 3 is 2.58 bits per heavy atom. The van der Waals surface area contributed by atoms with Gasteiger partial charge in [-0.2, -0.15) is 0 Å². The van der Waals surface area contributed by atoms with Gasteiger partial charge in [0.05, 0.1) is 6.10 Å². The van der Waals surface area contributed by atoms with E-state index in [9.17, 15) is 0 Å². The van der Waals surface area contributed by atoms with E-state index in [1.165, 1.54) is 0 Å². The molecule has 1 saturated heterocycles. The molecule has 3 heteroatoms. The molecule has 1 heterocycles. The van der Waals surface area contributed by atoms with Crippen LogP contribution in [-0.2, 0) is 4.74 Å². The van der Waals surface area contributed by atoms with E-state index in [0.29, 0.717) is 18.2 Å². The van der Waals surface area contributed by atoms with Crippen LogP contribution >= 0.6 is 0 Å². The first-order valence-corrected chi connectivity index (χ1v) is 4.61. The number of nitrogens with one attached hydrogen (secondary N) is 1. The highest BCUT2D eigenvalue weighted by molar-refractivity contribution is 4.89. The van der Waals surface area contributed by atoms with Crippen molar-refractivity contribution in [3.8, 4) is 0 Å². The molecule has 1 rings (SSSR count). The Labute approximate surface area is 75.1 Å². The van der Waals surface area contributed by atoms with E-state index in [1.54, 1.807) is 7.11 Å². The van der Waals surface area contributed by atoms with Crippen molar-refractivity contribution in [3.05, 3.63) is 0 Å². The van der Waals surface area contributed by atoms with E-state index in [0.717, 1.165) is 13.1 Å². The fourth-order valence-corrected chi connectivity index (χ4v) is 1.79. The van der Waals surface area contributed by atoms with Crippen molar-refractivity contribution in [1.82, 2.24) is 10.2 Å². The van der Waals surface area contributed by atoms with Gasteiger partial charge in [0.2, 0.25) is 0 Å². The van der Waals surface area contributed by atoms with Gasteiger partial charge in [0, 0.05) is 32.3 Å². The van der Waals surface area contributed by atoms with E-state index < -0.39 is 0 Å². The fourth-order valence-electron chi connectivity index (χ4n) is 1.79. The highest BCUT2D eigenvalue weighted by atomic mass is 16.5. The molecule has 0 amide bonds. The third kappa shape index (κ3) is 2.44. The van der Waals surface area contributed by atoms with Gasteiger partial charge in [-0.15, -0.1) is 0 Å². The van der Waals surface area contributed by atoms with Gasteiger partial charge in [0.25, 0.3) is 0 Å². The number of rotatable bonds is 3. The van der Waals surface area contributed by atoms with Crippen LogP contribution in [0.15, 0.2) is 0 Å². The van der Waals surface area contributed by atoms with Crippen molar-refractivity contribution in [2.75, 3.05) is 27.2 Å². The van der Waals surface area contributed by atoms with Crippen LogP contribution in [0.3, 0.4) is 0 Å². The number of hydrogen-bond donors (Lipinski definition) is 1. The molecule has 0 bridgehead atoms. The van der Waals surface area contributed by atoms with Gasteiger partial charge in [0.1, 0.15) is 0 Å². The van der Waals surface area contributed by atoms with E-state index >= 15 is 0 Å². The molecule has 1 aliphatic heterocycles. The summed E-state index contributed by atoms with van der Waals surface area (Å²) in [6.07, 6.45) is 0.359. The molecule has 72 valence electrons. The van der Waals surface area contributed by atoms with Crippen molar-refractivity contribution in [2.45, 2.75) is 32.0 Å². The van der Waals surface area contributed by atoms with Crippen LogP contribution in [0, 0.1) is 0 Å². The first-order valence-electron chi connectivity index (χ1n) is 4.61. The molecular weight excluding hydrogens is 152 g/mol. The summed E-state index contributed by atoms with van der Waals surface area (Å²) in [4.78, 5) is 2.30. The molecule has 0 spiro atoms. The number of hydrogen-bond acceptors (Lipinski definition) is 3. The van der Waals surface area contributed by atoms with E-state index in [-0.39, 0.29) is 0 Å². The van der Waals surface area contributed by atoms with Crippen LogP contribution in [0.4, 0.5) is 0 Å². The average molecular weight is 172 g/mol. The third-order valence-corrected chi connectivity index (χ3v) is 2.30. The second-order valence-corrected chi connectivity index (χ2v) is 3.92. The number of ether oxygens (including phenoxy) is 1. The summed E-state index contributed by atoms with van der Waals surface area (Å²) in [5, 5.41) is 3.51. The van der Waals surface area contributed by atoms with Gasteiger partial charge in [-0.1, -0.05) is 13.8 Å². The molecule has 1 fully saturated rings. The zero-order valence-electron chi connectivity index (χ0n) is 8.50. The molecule has 0 aromatic heterocycles. The Morgan fingerprint density at radius 1 is 1.42 bits per heavy atom. The summed E-state index contributed by atoms with van der Waals surface area (Å²) < 4.78 is 5.39. The molecule has 0 unspecified atom stereocenters. The second-order valence-electron chi connectivity index (χ2n) is 3.92. The lowest BCUT2D eigenvalue weighted by Gasteiger charge is -2.20. The lowest BCUT2D eigenvalue weighted by molar-refractivity contribution is 0.0893. The maximum Gasteiger partial charge on any atom is 0.0863 e. The first kappa shape index (κ1) is 9.96. The van der Waals surface area contributed by atoms with E-state index in [2.05, 4.69) is 31.1 Å². The van der Waals surface area contributed by atoms with E-state index in [1.807, 2.05) is 0 Å². The van der Waals surface area contributed by atoms with Gasteiger partial charge < -0.3 is 15.0 Å². The first-order chi connectivity index (χ1) is 5.63. The summed E-state index contributed by atoms with van der Waals surface area (Å²) in [5.74, 6) is 0. The summed E-state index contributed by atoms with van der Waals surface area (Å²) in [5.41, 5.74) is 0. The monoisotopic (exact) mass is 172 g/mol. The molecule has 0 aromatic carbocycles. The predicted molar refractivity (Wildman–Crippen MR) is 50.4 cm³/mol. The fraction of sp³-hybridized carbons (Fsp3) is 1.00. The van der Waals surface area contributed by atoms with Crippen molar-refractivity contribution in [1.29, 1.82) is 0 Å². The quantitative estimate of drug-likeness (QED) is 0.663. The lowest BCUT2D eigenvalue weighted by Crippen LogP contribution is -2.43. The van der Waals surface area contributed by atoms with Gasteiger partial charge in [-0.3, -0.25) is 0 Å². The minimum Gasteiger partial charge on any atom is -0.378 e. The van der Waals surface area contributed by atoms with Crippen LogP contribution in [-0.4, -0.2) is 50.3 Å². The Bertz CT molecular complexity index is 138. The Hall–Kier alpha value is -0.120. The highest BCUT2D eigenvalue weighted by Crippen LogP contribution is 2.11. The topological polar surface area (TPSA) is 24.5 Å². The maximum atomic E-state index is 5.39. The number of likely N-dealkylation sites (tertiary alicyclic amines) is 1. The molecule has 3 nitrogen and oxygen atoms in total. The zero-order chi connectivity index (χ0) is 9.14. The summed E-state index contributed by atoms with van der Waals surface area (Å²) in [6, 6.07) is 1.04. The molecule has 12 heavy (non-hydrogen) atoms. The third-order valence-electron chi connectivity index (χ3n) is 2.30. The minimum absolute atomic E-state index is 0.359. The summed E-state index contributed by atoms with van der Waals surface area (Å²) in [6.45, 7) is 6.48. The smallest absolute Gasteiger partial charge is 0.0863 e. The Morgan fingerprint density at radius 2 is 2.08 bits per heavy atom. The minimum atomic E-state index is 0.359. The van der Waals surface area contributed by atoms with Crippen LogP contribution in [0.25, 0.3) is 0 Å². The number of nitrogens with zero attached hydrogens (tertiary/aromatic N) is 1. The summed E-state index contributed by atoms with van der Waals surface area (Å²) >= 11 is 0. The van der Waals surface area contributed by atoms with Crippen molar-refractivity contribution in [2.24, 2.45) is 0 Å². The summed E-state index contributed by atoms with van der Waals surface area (Å²) in [7, 11) is 3.92. The maximum absolute atomic E-state index is 5.39. The molecule has 1 N–H and O–H groups in total. The molecule has 0 aliphatic carbocycles. The van der Waals surface area contributed by atoms with Crippen molar-refractivity contribution >= 4 is 0 Å². The number of likely N-dealkylation sites (N-methyl/N-ethyl adjacent to an activating group) is 1. The van der Waals surface area contributed by atoms with Crippen molar-refractivity contribution < 1.29 is 4.74 Å². The number of methoxy groups -OCH3 is 1. The Kier molecular flexibility index (Phi) is 3.50. The molecule has 0 saturated carbocycles. The molecule has 0 radical (unpaired) electrons. The van der Waals surface area contributed by atoms with Crippen LogP contribution in [0.1, 0.15) is 13.8 Å². The average Bonchev–Trinajstić information content (AvgIpc) is 2.29. The zero-order valence-corrected chi connectivity index (χ0v) is 8.50. The molecule has 2 atom stereocenters. The molecular formula is C9H20N2O. The predicted octanol–water partition coefficient (Wildman–Crippen LogP) is 0.313. The van der Waals surface area contributed by atoms with Crippen molar-refractivity contribution in [3.63, 3.8) is 0 Å². The SMILES string of the molecule is CO[C@@H]1CN(C)C[C@H]1NC(C)C. The normalized spacial score (nSPS) is 31.8. The lowest BCUT2D eigenvalue weighted by atomic mass is 10.2. The molecule has 1 aliphatic rings.